The molecule has 1 radical (unpaired) electrons. The lowest BCUT2D eigenvalue weighted by atomic mass is 10.8. The first-order valence-corrected chi connectivity index (χ1v) is 3.40. The van der Waals surface area contributed by atoms with Gasteiger partial charge in [0.15, 0.2) is 0 Å². The lowest BCUT2D eigenvalue weighted by Crippen LogP contribution is -2.03. The molecule has 0 bridgehead atoms. The van der Waals surface area contributed by atoms with Crippen LogP contribution in [0.4, 0.5) is 0 Å². The molecule has 0 spiro atoms. The van der Waals surface area contributed by atoms with Gasteiger partial charge in [0.25, 0.3) is 0 Å². The molecule has 0 atom stereocenters. The van der Waals surface area contributed by atoms with E-state index in [0.717, 1.165) is 6.21 Å². The normalized spacial score (nSPS) is 11.6. The Morgan fingerprint density at radius 3 is 2.70 bits per heavy atom. The Bertz CT molecular complexity index is 248. The zero-order valence-electron chi connectivity index (χ0n) is 4.72. The van der Waals surface area contributed by atoms with Crippen LogP contribution in [0.25, 0.3) is 0 Å². The number of hydrogen-bond donors (Lipinski definition) is 0. The summed E-state index contributed by atoms with van der Waals surface area (Å²) in [7, 11) is -4.66. The number of nitriles is 1. The lowest BCUT2D eigenvalue weighted by molar-refractivity contribution is 0.274. The Morgan fingerprint density at radius 2 is 2.30 bits per heavy atom. The highest BCUT2D eigenvalue weighted by Gasteiger charge is 2.03. The van der Waals surface area contributed by atoms with Gasteiger partial charge in [0, 0.05) is 6.21 Å². The maximum Gasteiger partial charge on any atom is 0.428 e. The van der Waals surface area contributed by atoms with Crippen LogP contribution in [-0.2, 0) is 19.1 Å². The number of nitrogens with zero attached hydrogens (tertiary/aromatic N) is 2. The van der Waals surface area contributed by atoms with E-state index in [1.807, 2.05) is 0 Å². The van der Waals surface area contributed by atoms with Gasteiger partial charge < -0.3 is 0 Å². The van der Waals surface area contributed by atoms with E-state index in [4.69, 9.17) is 5.26 Å². The molecule has 0 saturated carbocycles. The van der Waals surface area contributed by atoms with Crippen molar-refractivity contribution in [2.75, 3.05) is 6.61 Å². The average Bonchev–Trinajstić information content (AvgIpc) is 1.78. The zero-order chi connectivity index (χ0) is 8.04. The van der Waals surface area contributed by atoms with E-state index in [2.05, 4.69) is 9.18 Å². The second-order valence-corrected chi connectivity index (χ2v) is 2.16. The zero-order valence-corrected chi connectivity index (χ0v) is 5.54. The van der Waals surface area contributed by atoms with Gasteiger partial charge in [-0.3, -0.25) is 0 Å². The molecule has 0 rings (SSSR count). The molecule has 7 heteroatoms. The molecule has 0 aromatic rings. The van der Waals surface area contributed by atoms with Gasteiger partial charge in [-0.1, -0.05) is 4.55 Å². The second kappa shape index (κ2) is 3.94. The summed E-state index contributed by atoms with van der Waals surface area (Å²) in [6, 6.07) is 0. The van der Waals surface area contributed by atoms with E-state index < -0.39 is 17.0 Å². The van der Waals surface area contributed by atoms with Crippen LogP contribution in [-0.4, -0.2) is 21.2 Å². The smallest absolute Gasteiger partial charge is 0.241 e. The number of aliphatic imine (C=N–C) groups is 1. The Balaban J connectivity index is 3.61. The maximum absolute atomic E-state index is 9.67. The molecule has 0 aromatic heterocycles. The molecule has 0 heterocycles. The fourth-order valence-corrected chi connectivity index (χ4v) is 0.419. The first-order valence-electron chi connectivity index (χ1n) is 2.07. The molecule has 55 valence electrons. The quantitative estimate of drug-likeness (QED) is 0.402. The molecule has 6 nitrogen and oxygen atoms in total. The van der Waals surface area contributed by atoms with Gasteiger partial charge in [-0.05, 0) is 0 Å². The van der Waals surface area contributed by atoms with Crippen molar-refractivity contribution in [3.63, 3.8) is 0 Å². The van der Waals surface area contributed by atoms with E-state index in [1.165, 1.54) is 6.19 Å². The molecule has 0 N–H and O–H groups in total. The molecule has 0 aliphatic heterocycles. The van der Waals surface area contributed by atoms with Crippen molar-refractivity contribution in [1.82, 2.24) is 0 Å². The van der Waals surface area contributed by atoms with Crippen molar-refractivity contribution >= 4 is 16.6 Å². The van der Waals surface area contributed by atoms with Crippen molar-refractivity contribution < 1.29 is 17.2 Å². The predicted octanol–water partition coefficient (Wildman–Crippen LogP) is -0.770. The molecular weight excluding hydrogens is 160 g/mol. The number of rotatable bonds is 3. The largest absolute Gasteiger partial charge is 0.428 e. The van der Waals surface area contributed by atoms with Crippen LogP contribution in [0.2, 0.25) is 0 Å². The summed E-state index contributed by atoms with van der Waals surface area (Å²) in [6.45, 7) is -0.501. The Kier molecular flexibility index (Phi) is 3.56. The van der Waals surface area contributed by atoms with Crippen LogP contribution in [0.3, 0.4) is 0 Å². The highest BCUT2D eigenvalue weighted by Crippen LogP contribution is 1.83. The van der Waals surface area contributed by atoms with E-state index in [-0.39, 0.29) is 0 Å². The van der Waals surface area contributed by atoms with Crippen molar-refractivity contribution in [2.24, 2.45) is 4.99 Å². The minimum atomic E-state index is -4.66. The van der Waals surface area contributed by atoms with Gasteiger partial charge >= 0.3 is 10.4 Å². The molecule has 0 unspecified atom stereocenters. The van der Waals surface area contributed by atoms with Crippen LogP contribution < -0.4 is 0 Å². The van der Waals surface area contributed by atoms with E-state index >= 15 is 0 Å². The monoisotopic (exact) mass is 163 g/mol. The first-order chi connectivity index (χ1) is 4.56. The van der Waals surface area contributed by atoms with Crippen LogP contribution in [0.1, 0.15) is 0 Å². The lowest BCUT2D eigenvalue weighted by Gasteiger charge is -1.87. The molecule has 0 aromatic carbocycles. The van der Waals surface area contributed by atoms with Gasteiger partial charge in [-0.15, -0.1) is 0 Å². The van der Waals surface area contributed by atoms with Crippen LogP contribution in [0, 0.1) is 11.5 Å². The SMILES string of the molecule is N#CN=CCOS([O])(=O)=O. The molecule has 0 amide bonds. The summed E-state index contributed by atoms with van der Waals surface area (Å²) >= 11 is 0. The van der Waals surface area contributed by atoms with Crippen molar-refractivity contribution in [1.29, 1.82) is 5.26 Å². The minimum Gasteiger partial charge on any atom is -0.241 e. The number of hydrogen-bond acceptors (Lipinski definition) is 5. The summed E-state index contributed by atoms with van der Waals surface area (Å²) in [4.78, 5) is 2.93. The molecule has 0 fully saturated rings. The van der Waals surface area contributed by atoms with E-state index in [1.54, 1.807) is 0 Å². The van der Waals surface area contributed by atoms with Gasteiger partial charge in [0.2, 0.25) is 6.19 Å². The van der Waals surface area contributed by atoms with Crippen LogP contribution >= 0.6 is 0 Å². The second-order valence-electron chi connectivity index (χ2n) is 1.10. The fraction of sp³-hybridized carbons (Fsp3) is 0.333. The Morgan fingerprint density at radius 1 is 1.70 bits per heavy atom. The van der Waals surface area contributed by atoms with E-state index in [9.17, 15) is 13.0 Å². The van der Waals surface area contributed by atoms with Crippen molar-refractivity contribution in [3.8, 4) is 6.19 Å². The Labute approximate surface area is 57.7 Å². The highest BCUT2D eigenvalue weighted by molar-refractivity contribution is 7.80. The summed E-state index contributed by atoms with van der Waals surface area (Å²) < 4.78 is 32.7. The van der Waals surface area contributed by atoms with E-state index in [0.29, 0.717) is 0 Å². The summed E-state index contributed by atoms with van der Waals surface area (Å²) in [5.74, 6) is 0. The van der Waals surface area contributed by atoms with Crippen molar-refractivity contribution in [2.45, 2.75) is 0 Å². The molecule has 0 aliphatic carbocycles. The standard InChI is InChI=1S/C3H3N2O4S/c4-3-5-1-2-9-10(6,7)8/h1H,2H2. The van der Waals surface area contributed by atoms with Crippen LogP contribution in [0.5, 0.6) is 0 Å². The third kappa shape index (κ3) is 7.03. The third-order valence-corrected chi connectivity index (χ3v) is 0.861. The minimum absolute atomic E-state index is 0.501. The van der Waals surface area contributed by atoms with Gasteiger partial charge in [-0.2, -0.15) is 18.7 Å². The van der Waals surface area contributed by atoms with Crippen molar-refractivity contribution in [3.05, 3.63) is 0 Å². The predicted molar refractivity (Wildman–Crippen MR) is 29.7 cm³/mol. The summed E-state index contributed by atoms with van der Waals surface area (Å²) in [5, 5.41) is 7.76. The van der Waals surface area contributed by atoms with Gasteiger partial charge in [0.1, 0.15) is 6.61 Å². The third-order valence-electron chi connectivity index (χ3n) is 0.436. The summed E-state index contributed by atoms with van der Waals surface area (Å²) in [6.07, 6.45) is 2.22. The fourth-order valence-electron chi connectivity index (χ4n) is 0.192. The van der Waals surface area contributed by atoms with Gasteiger partial charge in [-0.25, -0.2) is 4.18 Å². The average molecular weight is 163 g/mol. The molecule has 0 saturated heterocycles. The Hall–Kier alpha value is -0.970. The topological polar surface area (TPSA) is 99.4 Å². The molecule has 10 heavy (non-hydrogen) atoms. The van der Waals surface area contributed by atoms with Crippen LogP contribution in [0.15, 0.2) is 4.99 Å². The summed E-state index contributed by atoms with van der Waals surface area (Å²) in [5.41, 5.74) is 0. The van der Waals surface area contributed by atoms with Gasteiger partial charge in [0.05, 0.1) is 0 Å². The highest BCUT2D eigenvalue weighted by atomic mass is 32.3. The molecular formula is C3H3N2O4S. The first kappa shape index (κ1) is 9.03. The molecule has 0 aliphatic rings. The maximum atomic E-state index is 9.67.